The van der Waals surface area contributed by atoms with Gasteiger partial charge in [0.1, 0.15) is 17.3 Å². The molecule has 1 aliphatic heterocycles. The average Bonchev–Trinajstić information content (AvgIpc) is 3.32. The molecule has 2 heterocycles. The second kappa shape index (κ2) is 7.42. The number of hydrogen-bond acceptors (Lipinski definition) is 5. The normalized spacial score (nSPS) is 16.3. The van der Waals surface area contributed by atoms with Crippen LogP contribution in [0, 0.1) is 11.7 Å². The van der Waals surface area contributed by atoms with Gasteiger partial charge in [-0.2, -0.15) is 5.10 Å². The molecule has 0 aliphatic carbocycles. The fourth-order valence-corrected chi connectivity index (χ4v) is 3.44. The van der Waals surface area contributed by atoms with Crippen molar-refractivity contribution in [3.8, 4) is 11.5 Å². The molecule has 0 bridgehead atoms. The van der Waals surface area contributed by atoms with Crippen LogP contribution in [0.1, 0.15) is 6.42 Å². The second-order valence-electron chi connectivity index (χ2n) is 6.67. The van der Waals surface area contributed by atoms with Crippen molar-refractivity contribution >= 4 is 34.2 Å². The number of aromatic amines is 1. The number of H-pyrrole nitrogens is 1. The van der Waals surface area contributed by atoms with Crippen LogP contribution in [0.5, 0.6) is 11.5 Å². The standard InChI is InChI=1S/C20H19FN4O4/c1-28-12-6-7-16(29-2)15(9-12)22-20(27)11-8-17(26)25(10-11)19-18-13(21)4-3-5-14(18)23-24-19/h3-7,9,11H,8,10H2,1-2H3,(H,22,27)(H,23,24)/t11-/m0/s1. The summed E-state index contributed by atoms with van der Waals surface area (Å²) in [6, 6.07) is 9.58. The first-order chi connectivity index (χ1) is 14.0. The third-order valence-corrected chi connectivity index (χ3v) is 4.94. The quantitative estimate of drug-likeness (QED) is 0.689. The predicted molar refractivity (Wildman–Crippen MR) is 105 cm³/mol. The molecule has 1 aliphatic rings. The van der Waals surface area contributed by atoms with E-state index in [9.17, 15) is 14.0 Å². The first-order valence-corrected chi connectivity index (χ1v) is 8.97. The summed E-state index contributed by atoms with van der Waals surface area (Å²) in [6.45, 7) is 0.102. The van der Waals surface area contributed by atoms with Crippen LogP contribution in [-0.4, -0.2) is 42.8 Å². The molecule has 2 aromatic carbocycles. The highest BCUT2D eigenvalue weighted by atomic mass is 19.1. The number of fused-ring (bicyclic) bond motifs is 1. The van der Waals surface area contributed by atoms with Crippen LogP contribution >= 0.6 is 0 Å². The Morgan fingerprint density at radius 3 is 2.86 bits per heavy atom. The minimum absolute atomic E-state index is 0.000916. The van der Waals surface area contributed by atoms with E-state index in [0.29, 0.717) is 22.7 Å². The third kappa shape index (κ3) is 3.35. The van der Waals surface area contributed by atoms with Gasteiger partial charge in [0.25, 0.3) is 0 Å². The number of ether oxygens (including phenoxy) is 2. The lowest BCUT2D eigenvalue weighted by molar-refractivity contribution is -0.122. The lowest BCUT2D eigenvalue weighted by Gasteiger charge is -2.16. The minimum Gasteiger partial charge on any atom is -0.497 e. The van der Waals surface area contributed by atoms with Gasteiger partial charge < -0.3 is 14.8 Å². The Hall–Kier alpha value is -3.62. The molecule has 4 rings (SSSR count). The number of aromatic nitrogens is 2. The number of halogens is 1. The number of amides is 2. The summed E-state index contributed by atoms with van der Waals surface area (Å²) < 4.78 is 24.7. The number of carbonyl (C=O) groups excluding carboxylic acids is 2. The molecule has 0 saturated carbocycles. The van der Waals surface area contributed by atoms with Crippen LogP contribution in [-0.2, 0) is 9.59 Å². The topological polar surface area (TPSA) is 96.5 Å². The van der Waals surface area contributed by atoms with Crippen molar-refractivity contribution in [3.05, 3.63) is 42.2 Å². The van der Waals surface area contributed by atoms with E-state index in [1.807, 2.05) is 0 Å². The van der Waals surface area contributed by atoms with Gasteiger partial charge in [0.2, 0.25) is 11.8 Å². The molecule has 1 saturated heterocycles. The van der Waals surface area contributed by atoms with Crippen LogP contribution in [0.25, 0.3) is 10.9 Å². The number of anilines is 2. The monoisotopic (exact) mass is 398 g/mol. The van der Waals surface area contributed by atoms with Crippen LogP contribution < -0.4 is 19.7 Å². The number of methoxy groups -OCH3 is 2. The Balaban J connectivity index is 1.56. The van der Waals surface area contributed by atoms with E-state index in [4.69, 9.17) is 9.47 Å². The number of carbonyl (C=O) groups is 2. The Morgan fingerprint density at radius 2 is 2.10 bits per heavy atom. The van der Waals surface area contributed by atoms with Crippen LogP contribution in [0.4, 0.5) is 15.9 Å². The van der Waals surface area contributed by atoms with Gasteiger partial charge in [-0.25, -0.2) is 4.39 Å². The molecule has 0 spiro atoms. The van der Waals surface area contributed by atoms with E-state index in [1.165, 1.54) is 25.2 Å². The lowest BCUT2D eigenvalue weighted by atomic mass is 10.1. The van der Waals surface area contributed by atoms with Crippen LogP contribution in [0.15, 0.2) is 36.4 Å². The van der Waals surface area contributed by atoms with E-state index in [-0.39, 0.29) is 36.0 Å². The summed E-state index contributed by atoms with van der Waals surface area (Å²) >= 11 is 0. The van der Waals surface area contributed by atoms with Crippen molar-refractivity contribution in [2.24, 2.45) is 5.92 Å². The first-order valence-electron chi connectivity index (χ1n) is 8.97. The van der Waals surface area contributed by atoms with Gasteiger partial charge in [-0.3, -0.25) is 19.6 Å². The van der Waals surface area contributed by atoms with E-state index in [2.05, 4.69) is 15.5 Å². The SMILES string of the molecule is COc1ccc(OC)c(NC(=O)[C@H]2CC(=O)N(c3n[nH]c4cccc(F)c34)C2)c1. The zero-order valence-corrected chi connectivity index (χ0v) is 15.9. The van der Waals surface area contributed by atoms with E-state index < -0.39 is 11.7 Å². The first kappa shape index (κ1) is 18.7. The molecule has 1 aromatic heterocycles. The molecule has 2 amide bonds. The summed E-state index contributed by atoms with van der Waals surface area (Å²) in [5.74, 6) is -0.501. The van der Waals surface area contributed by atoms with E-state index in [1.54, 1.807) is 30.3 Å². The van der Waals surface area contributed by atoms with Gasteiger partial charge in [-0.15, -0.1) is 0 Å². The van der Waals surface area contributed by atoms with Crippen molar-refractivity contribution in [1.29, 1.82) is 0 Å². The molecule has 2 N–H and O–H groups in total. The van der Waals surface area contributed by atoms with Gasteiger partial charge in [0.15, 0.2) is 5.82 Å². The number of nitrogens with one attached hydrogen (secondary N) is 2. The molecule has 3 aromatic rings. The van der Waals surface area contributed by atoms with Crippen LogP contribution in [0.2, 0.25) is 0 Å². The maximum absolute atomic E-state index is 14.3. The van der Waals surface area contributed by atoms with Gasteiger partial charge >= 0.3 is 0 Å². The number of hydrogen-bond donors (Lipinski definition) is 2. The molecule has 9 heteroatoms. The summed E-state index contributed by atoms with van der Waals surface area (Å²) in [4.78, 5) is 26.7. The molecule has 29 heavy (non-hydrogen) atoms. The van der Waals surface area contributed by atoms with Gasteiger partial charge in [0, 0.05) is 19.0 Å². The van der Waals surface area contributed by atoms with E-state index >= 15 is 0 Å². The molecule has 0 radical (unpaired) electrons. The highest BCUT2D eigenvalue weighted by Gasteiger charge is 2.37. The molecular weight excluding hydrogens is 379 g/mol. The van der Waals surface area contributed by atoms with Crippen molar-refractivity contribution in [3.63, 3.8) is 0 Å². The highest BCUT2D eigenvalue weighted by molar-refractivity contribution is 6.07. The van der Waals surface area contributed by atoms with Crippen LogP contribution in [0.3, 0.4) is 0 Å². The molecule has 1 atom stereocenters. The summed E-state index contributed by atoms with van der Waals surface area (Å²) in [7, 11) is 3.02. The largest absolute Gasteiger partial charge is 0.497 e. The summed E-state index contributed by atoms with van der Waals surface area (Å²) in [6.07, 6.45) is 0.000916. The average molecular weight is 398 g/mol. The fraction of sp³-hybridized carbons (Fsp3) is 0.250. The third-order valence-electron chi connectivity index (χ3n) is 4.94. The van der Waals surface area contributed by atoms with Crippen molar-refractivity contribution in [2.45, 2.75) is 6.42 Å². The van der Waals surface area contributed by atoms with Gasteiger partial charge in [0.05, 0.1) is 36.7 Å². The molecule has 0 unspecified atom stereocenters. The Bertz CT molecular complexity index is 1100. The molecular formula is C20H19FN4O4. The summed E-state index contributed by atoms with van der Waals surface area (Å²) in [5, 5.41) is 9.83. The smallest absolute Gasteiger partial charge is 0.229 e. The van der Waals surface area contributed by atoms with Gasteiger partial charge in [-0.05, 0) is 24.3 Å². The van der Waals surface area contributed by atoms with E-state index in [0.717, 1.165) is 0 Å². The van der Waals surface area contributed by atoms with Crippen molar-refractivity contribution < 1.29 is 23.5 Å². The minimum atomic E-state index is -0.614. The molecule has 8 nitrogen and oxygen atoms in total. The Labute approximate surface area is 165 Å². The van der Waals surface area contributed by atoms with Gasteiger partial charge in [-0.1, -0.05) is 6.07 Å². The molecule has 1 fully saturated rings. The summed E-state index contributed by atoms with van der Waals surface area (Å²) in [5.41, 5.74) is 0.931. The maximum Gasteiger partial charge on any atom is 0.229 e. The Morgan fingerprint density at radius 1 is 1.28 bits per heavy atom. The zero-order valence-electron chi connectivity index (χ0n) is 15.9. The Kier molecular flexibility index (Phi) is 4.79. The fourth-order valence-electron chi connectivity index (χ4n) is 3.44. The number of benzene rings is 2. The predicted octanol–water partition coefficient (Wildman–Crippen LogP) is 2.71. The highest BCUT2D eigenvalue weighted by Crippen LogP contribution is 2.33. The molecule has 150 valence electrons. The number of rotatable bonds is 5. The number of nitrogens with zero attached hydrogens (tertiary/aromatic N) is 2. The maximum atomic E-state index is 14.3. The van der Waals surface area contributed by atoms with Crippen molar-refractivity contribution in [1.82, 2.24) is 10.2 Å². The second-order valence-corrected chi connectivity index (χ2v) is 6.67. The van der Waals surface area contributed by atoms with Crippen molar-refractivity contribution in [2.75, 3.05) is 31.0 Å². The zero-order chi connectivity index (χ0) is 20.5. The lowest BCUT2D eigenvalue weighted by Crippen LogP contribution is -2.28.